The van der Waals surface area contributed by atoms with Crippen LogP contribution in [0, 0.1) is 6.92 Å². The van der Waals surface area contributed by atoms with E-state index >= 15 is 0 Å². The summed E-state index contributed by atoms with van der Waals surface area (Å²) in [4.78, 5) is 4.59. The first-order chi connectivity index (χ1) is 11.7. The summed E-state index contributed by atoms with van der Waals surface area (Å²) >= 11 is 0. The minimum atomic E-state index is 0.490. The van der Waals surface area contributed by atoms with E-state index in [1.54, 1.807) is 0 Å². The molecular formula is C16H32N6O2. The van der Waals surface area contributed by atoms with Crippen LogP contribution >= 0.6 is 0 Å². The molecule has 138 valence electrons. The van der Waals surface area contributed by atoms with E-state index in [0.29, 0.717) is 6.54 Å². The maximum atomic E-state index is 5.35. The highest BCUT2D eigenvalue weighted by Gasteiger charge is 2.05. The second-order valence-corrected chi connectivity index (χ2v) is 5.34. The molecule has 1 aromatic heterocycles. The number of aromatic nitrogens is 3. The Morgan fingerprint density at radius 1 is 1.04 bits per heavy atom. The van der Waals surface area contributed by atoms with Gasteiger partial charge in [-0.2, -0.15) is 0 Å². The van der Waals surface area contributed by atoms with Crippen molar-refractivity contribution in [2.75, 3.05) is 39.5 Å². The number of rotatable bonds is 12. The van der Waals surface area contributed by atoms with Crippen LogP contribution in [-0.4, -0.2) is 60.2 Å². The fraction of sp³-hybridized carbons (Fsp3) is 0.812. The van der Waals surface area contributed by atoms with Gasteiger partial charge in [-0.15, -0.1) is 10.2 Å². The number of hydrogen-bond acceptors (Lipinski definition) is 5. The standard InChI is InChI=1S/C16H32N6O2/c1-5-23-11-7-9-17-16(18-10-8-12-24-6-2)19-13-15-21-20-14(3)22(15)4/h5-13H2,1-4H3,(H2,17,18,19). The van der Waals surface area contributed by atoms with Gasteiger partial charge in [0, 0.05) is 46.6 Å². The predicted molar refractivity (Wildman–Crippen MR) is 95.1 cm³/mol. The summed E-state index contributed by atoms with van der Waals surface area (Å²) < 4.78 is 12.6. The Morgan fingerprint density at radius 3 is 2.08 bits per heavy atom. The van der Waals surface area contributed by atoms with Gasteiger partial charge in [-0.05, 0) is 33.6 Å². The summed E-state index contributed by atoms with van der Waals surface area (Å²) in [5.74, 6) is 2.51. The fourth-order valence-electron chi connectivity index (χ4n) is 1.96. The SMILES string of the molecule is CCOCCCNC(=NCc1nnc(C)n1C)NCCCOCC. The average Bonchev–Trinajstić information content (AvgIpc) is 2.90. The summed E-state index contributed by atoms with van der Waals surface area (Å²) in [6, 6.07) is 0. The highest BCUT2D eigenvalue weighted by atomic mass is 16.5. The molecule has 1 rings (SSSR count). The lowest BCUT2D eigenvalue weighted by Gasteiger charge is -2.12. The molecule has 0 amide bonds. The van der Waals surface area contributed by atoms with Gasteiger partial charge in [0.25, 0.3) is 0 Å². The van der Waals surface area contributed by atoms with Gasteiger partial charge >= 0.3 is 0 Å². The van der Waals surface area contributed by atoms with Crippen molar-refractivity contribution in [2.24, 2.45) is 12.0 Å². The van der Waals surface area contributed by atoms with Gasteiger partial charge in [-0.25, -0.2) is 4.99 Å². The highest BCUT2D eigenvalue weighted by molar-refractivity contribution is 5.79. The molecule has 0 aromatic carbocycles. The van der Waals surface area contributed by atoms with Crippen LogP contribution in [0.2, 0.25) is 0 Å². The third-order valence-electron chi connectivity index (χ3n) is 3.49. The number of nitrogens with one attached hydrogen (secondary N) is 2. The number of hydrogen-bond donors (Lipinski definition) is 2. The van der Waals surface area contributed by atoms with E-state index in [2.05, 4.69) is 25.8 Å². The van der Waals surface area contributed by atoms with E-state index in [1.165, 1.54) is 0 Å². The molecular weight excluding hydrogens is 308 g/mol. The van der Waals surface area contributed by atoms with Gasteiger partial charge in [-0.1, -0.05) is 0 Å². The smallest absolute Gasteiger partial charge is 0.191 e. The van der Waals surface area contributed by atoms with Crippen molar-refractivity contribution < 1.29 is 9.47 Å². The zero-order chi connectivity index (χ0) is 17.6. The lowest BCUT2D eigenvalue weighted by atomic mass is 10.4. The molecule has 0 atom stereocenters. The van der Waals surface area contributed by atoms with E-state index in [9.17, 15) is 0 Å². The molecule has 0 saturated heterocycles. The first kappa shape index (κ1) is 20.4. The molecule has 0 unspecified atom stereocenters. The number of aliphatic imine (C=N–C) groups is 1. The molecule has 2 N–H and O–H groups in total. The Morgan fingerprint density at radius 2 is 1.62 bits per heavy atom. The molecule has 0 spiro atoms. The van der Waals surface area contributed by atoms with Crippen LogP contribution < -0.4 is 10.6 Å². The molecule has 1 aromatic rings. The van der Waals surface area contributed by atoms with Crippen LogP contribution in [0.5, 0.6) is 0 Å². The minimum absolute atomic E-state index is 0.490. The van der Waals surface area contributed by atoms with Crippen molar-refractivity contribution in [2.45, 2.75) is 40.2 Å². The van der Waals surface area contributed by atoms with Crippen LogP contribution in [0.1, 0.15) is 38.3 Å². The molecule has 8 heteroatoms. The van der Waals surface area contributed by atoms with Gasteiger partial charge in [0.2, 0.25) is 0 Å². The molecule has 0 fully saturated rings. The van der Waals surface area contributed by atoms with Crippen molar-refractivity contribution >= 4 is 5.96 Å². The van der Waals surface area contributed by atoms with E-state index in [-0.39, 0.29) is 0 Å². The second kappa shape index (κ2) is 12.7. The van der Waals surface area contributed by atoms with Gasteiger partial charge in [0.1, 0.15) is 12.4 Å². The molecule has 0 aliphatic heterocycles. The van der Waals surface area contributed by atoms with Gasteiger partial charge in [0.05, 0.1) is 0 Å². The molecule has 0 aliphatic rings. The molecule has 24 heavy (non-hydrogen) atoms. The first-order valence-electron chi connectivity index (χ1n) is 8.71. The number of aryl methyl sites for hydroxylation is 1. The van der Waals surface area contributed by atoms with E-state index in [1.807, 2.05) is 32.4 Å². The second-order valence-electron chi connectivity index (χ2n) is 5.34. The monoisotopic (exact) mass is 340 g/mol. The van der Waals surface area contributed by atoms with Crippen molar-refractivity contribution in [1.29, 1.82) is 0 Å². The van der Waals surface area contributed by atoms with Gasteiger partial charge in [0.15, 0.2) is 11.8 Å². The van der Waals surface area contributed by atoms with Gasteiger partial charge in [-0.3, -0.25) is 0 Å². The Labute approximate surface area is 145 Å². The third kappa shape index (κ3) is 8.26. The normalized spacial score (nSPS) is 10.7. The lowest BCUT2D eigenvalue weighted by molar-refractivity contribution is 0.145. The third-order valence-corrected chi connectivity index (χ3v) is 3.49. The summed E-state index contributed by atoms with van der Waals surface area (Å²) in [7, 11) is 1.95. The Balaban J connectivity index is 2.45. The number of ether oxygens (including phenoxy) is 2. The summed E-state index contributed by atoms with van der Waals surface area (Å²) in [5, 5.41) is 14.8. The zero-order valence-electron chi connectivity index (χ0n) is 15.5. The van der Waals surface area contributed by atoms with Crippen LogP contribution in [0.3, 0.4) is 0 Å². The largest absolute Gasteiger partial charge is 0.382 e. The zero-order valence-corrected chi connectivity index (χ0v) is 15.5. The minimum Gasteiger partial charge on any atom is -0.382 e. The molecule has 0 radical (unpaired) electrons. The summed E-state index contributed by atoms with van der Waals surface area (Å²) in [5.41, 5.74) is 0. The van der Waals surface area contributed by atoms with Crippen LogP contribution in [0.4, 0.5) is 0 Å². The Bertz CT molecular complexity index is 459. The predicted octanol–water partition coefficient (Wildman–Crippen LogP) is 1.01. The maximum Gasteiger partial charge on any atom is 0.191 e. The highest BCUT2D eigenvalue weighted by Crippen LogP contribution is 1.99. The van der Waals surface area contributed by atoms with Crippen LogP contribution in [0.25, 0.3) is 0 Å². The van der Waals surface area contributed by atoms with Crippen molar-refractivity contribution in [1.82, 2.24) is 25.4 Å². The number of guanidine groups is 1. The van der Waals surface area contributed by atoms with Crippen LogP contribution in [-0.2, 0) is 23.1 Å². The Kier molecular flexibility index (Phi) is 10.8. The van der Waals surface area contributed by atoms with E-state index in [0.717, 1.165) is 70.0 Å². The van der Waals surface area contributed by atoms with Gasteiger partial charge < -0.3 is 24.7 Å². The molecule has 0 saturated carbocycles. The molecule has 8 nitrogen and oxygen atoms in total. The van der Waals surface area contributed by atoms with Crippen molar-refractivity contribution in [3.63, 3.8) is 0 Å². The quantitative estimate of drug-likeness (QED) is 0.336. The number of nitrogens with zero attached hydrogens (tertiary/aromatic N) is 4. The Hall–Kier alpha value is -1.67. The lowest BCUT2D eigenvalue weighted by Crippen LogP contribution is -2.39. The van der Waals surface area contributed by atoms with E-state index < -0.39 is 0 Å². The molecule has 1 heterocycles. The van der Waals surface area contributed by atoms with Crippen molar-refractivity contribution in [3.8, 4) is 0 Å². The van der Waals surface area contributed by atoms with Crippen LogP contribution in [0.15, 0.2) is 4.99 Å². The van der Waals surface area contributed by atoms with Crippen molar-refractivity contribution in [3.05, 3.63) is 11.6 Å². The molecule has 0 bridgehead atoms. The maximum absolute atomic E-state index is 5.35. The summed E-state index contributed by atoms with van der Waals surface area (Å²) in [6.07, 6.45) is 1.88. The first-order valence-corrected chi connectivity index (χ1v) is 8.71. The average molecular weight is 340 g/mol. The fourth-order valence-corrected chi connectivity index (χ4v) is 1.96. The molecule has 0 aliphatic carbocycles. The topological polar surface area (TPSA) is 85.6 Å². The van der Waals surface area contributed by atoms with E-state index in [4.69, 9.17) is 9.47 Å². The summed E-state index contributed by atoms with van der Waals surface area (Å²) in [6.45, 7) is 11.1.